The predicted octanol–water partition coefficient (Wildman–Crippen LogP) is 3.40. The normalized spacial score (nSPS) is 11.8. The van der Waals surface area contributed by atoms with Crippen molar-refractivity contribution in [2.24, 2.45) is 0 Å². The van der Waals surface area contributed by atoms with E-state index in [0.717, 1.165) is 18.2 Å². The van der Waals surface area contributed by atoms with Crippen LogP contribution in [0.2, 0.25) is 0 Å². The Morgan fingerprint density at radius 2 is 1.69 bits per heavy atom. The van der Waals surface area contributed by atoms with Gasteiger partial charge in [0, 0.05) is 11.7 Å². The fourth-order valence-electron chi connectivity index (χ4n) is 2.64. The summed E-state index contributed by atoms with van der Waals surface area (Å²) in [5.41, 5.74) is -0.561. The molecule has 0 aliphatic rings. The highest BCUT2D eigenvalue weighted by molar-refractivity contribution is 7.89. The molecule has 168 valence electrons. The highest BCUT2D eigenvalue weighted by Crippen LogP contribution is 2.25. The van der Waals surface area contributed by atoms with Gasteiger partial charge >= 0.3 is 0 Å². The monoisotopic (exact) mass is 460 g/mol. The van der Waals surface area contributed by atoms with Gasteiger partial charge in [0.15, 0.2) is 5.76 Å². The lowest BCUT2D eigenvalue weighted by Crippen LogP contribution is -2.40. The minimum atomic E-state index is -3.99. The zero-order valence-corrected chi connectivity index (χ0v) is 18.3. The average Bonchev–Trinajstić information content (AvgIpc) is 3.20. The minimum Gasteiger partial charge on any atom is -0.438 e. The molecule has 0 saturated heterocycles. The molecular formula is C21H21FN4O5S. The Morgan fingerprint density at radius 1 is 0.969 bits per heavy atom. The van der Waals surface area contributed by atoms with E-state index in [-0.39, 0.29) is 22.8 Å². The van der Waals surface area contributed by atoms with Crippen LogP contribution in [-0.2, 0) is 10.0 Å². The first-order valence-corrected chi connectivity index (χ1v) is 10.9. The van der Waals surface area contributed by atoms with Gasteiger partial charge < -0.3 is 15.1 Å². The number of halogens is 1. The molecule has 0 atom stereocenters. The quantitative estimate of drug-likeness (QED) is 0.517. The van der Waals surface area contributed by atoms with E-state index in [1.165, 1.54) is 24.4 Å². The summed E-state index contributed by atoms with van der Waals surface area (Å²) in [5.74, 6) is -2.37. The molecule has 3 aromatic rings. The summed E-state index contributed by atoms with van der Waals surface area (Å²) in [6.07, 6.45) is 1.44. The number of nitrogens with zero attached hydrogens (tertiary/aromatic N) is 1. The average molecular weight is 460 g/mol. The van der Waals surface area contributed by atoms with E-state index in [1.54, 1.807) is 32.9 Å². The first kappa shape index (κ1) is 23.1. The molecule has 2 amide bonds. The lowest BCUT2D eigenvalue weighted by Gasteiger charge is -2.19. The lowest BCUT2D eigenvalue weighted by molar-refractivity contribution is 0.0988. The van der Waals surface area contributed by atoms with Gasteiger partial charge in [-0.1, -0.05) is 6.07 Å². The summed E-state index contributed by atoms with van der Waals surface area (Å²) in [7, 11) is -3.99. The Kier molecular flexibility index (Phi) is 6.42. The van der Waals surface area contributed by atoms with Crippen molar-refractivity contribution in [3.8, 4) is 0 Å². The van der Waals surface area contributed by atoms with E-state index in [1.807, 2.05) is 0 Å². The van der Waals surface area contributed by atoms with Gasteiger partial charge in [-0.2, -0.15) is 0 Å². The van der Waals surface area contributed by atoms with Crippen molar-refractivity contribution in [3.05, 3.63) is 72.0 Å². The highest BCUT2D eigenvalue weighted by Gasteiger charge is 2.26. The van der Waals surface area contributed by atoms with Crippen molar-refractivity contribution < 1.29 is 26.8 Å². The number of pyridine rings is 1. The smallest absolute Gasteiger partial charge is 0.291 e. The number of nitrogens with one attached hydrogen (secondary N) is 3. The fourth-order valence-corrected chi connectivity index (χ4v) is 3.99. The van der Waals surface area contributed by atoms with Crippen molar-refractivity contribution in [1.82, 2.24) is 9.71 Å². The molecule has 1 aromatic carbocycles. The predicted molar refractivity (Wildman–Crippen MR) is 115 cm³/mol. The number of sulfonamides is 1. The van der Waals surface area contributed by atoms with Crippen molar-refractivity contribution in [2.75, 3.05) is 10.6 Å². The Balaban J connectivity index is 1.81. The zero-order chi connectivity index (χ0) is 23.5. The van der Waals surface area contributed by atoms with Gasteiger partial charge in [-0.3, -0.25) is 14.6 Å². The maximum absolute atomic E-state index is 13.8. The van der Waals surface area contributed by atoms with Gasteiger partial charge in [-0.05, 0) is 63.2 Å². The Bertz CT molecular complexity index is 1250. The van der Waals surface area contributed by atoms with Crippen molar-refractivity contribution in [2.45, 2.75) is 31.4 Å². The SMILES string of the molecule is CC(C)(C)NS(=O)(=O)c1ccc(C(=O)Nc2cc(F)ccc2NC(=O)c2ccccn2)o1. The van der Waals surface area contributed by atoms with Gasteiger partial charge in [-0.15, -0.1) is 0 Å². The van der Waals surface area contributed by atoms with Crippen molar-refractivity contribution >= 4 is 33.2 Å². The summed E-state index contributed by atoms with van der Waals surface area (Å²) in [6, 6.07) is 10.5. The van der Waals surface area contributed by atoms with Crippen LogP contribution in [-0.4, -0.2) is 30.8 Å². The summed E-state index contributed by atoms with van der Waals surface area (Å²) in [5, 5.41) is 4.52. The number of anilines is 2. The molecule has 2 heterocycles. The molecule has 0 aliphatic heterocycles. The van der Waals surface area contributed by atoms with Crippen LogP contribution < -0.4 is 15.4 Å². The molecule has 0 bridgehead atoms. The largest absolute Gasteiger partial charge is 0.438 e. The van der Waals surface area contributed by atoms with Crippen LogP contribution in [0.25, 0.3) is 0 Å². The van der Waals surface area contributed by atoms with Crippen LogP contribution in [0.4, 0.5) is 15.8 Å². The van der Waals surface area contributed by atoms with Crippen LogP contribution in [0.5, 0.6) is 0 Å². The summed E-state index contributed by atoms with van der Waals surface area (Å²) >= 11 is 0. The number of hydrogen-bond donors (Lipinski definition) is 3. The molecule has 0 radical (unpaired) electrons. The van der Waals surface area contributed by atoms with E-state index >= 15 is 0 Å². The van der Waals surface area contributed by atoms with Crippen LogP contribution >= 0.6 is 0 Å². The lowest BCUT2D eigenvalue weighted by atomic mass is 10.1. The third kappa shape index (κ3) is 5.77. The molecule has 0 unspecified atom stereocenters. The van der Waals surface area contributed by atoms with E-state index in [9.17, 15) is 22.4 Å². The molecule has 0 aliphatic carbocycles. The molecule has 3 N–H and O–H groups in total. The number of carbonyl (C=O) groups is 2. The second-order valence-corrected chi connectivity index (χ2v) is 9.40. The fraction of sp³-hybridized carbons (Fsp3) is 0.190. The Morgan fingerprint density at radius 3 is 2.34 bits per heavy atom. The highest BCUT2D eigenvalue weighted by atomic mass is 32.2. The molecule has 0 fully saturated rings. The number of hydrogen-bond acceptors (Lipinski definition) is 6. The molecule has 32 heavy (non-hydrogen) atoms. The van der Waals surface area contributed by atoms with Gasteiger partial charge in [-0.25, -0.2) is 17.5 Å². The maximum atomic E-state index is 13.8. The number of aromatic nitrogens is 1. The van der Waals surface area contributed by atoms with Crippen LogP contribution in [0, 0.1) is 5.82 Å². The molecule has 3 rings (SSSR count). The molecule has 9 nitrogen and oxygen atoms in total. The first-order chi connectivity index (χ1) is 14.9. The second kappa shape index (κ2) is 8.89. The Hall–Kier alpha value is -3.57. The van der Waals surface area contributed by atoms with Gasteiger partial charge in [0.05, 0.1) is 11.4 Å². The maximum Gasteiger partial charge on any atom is 0.291 e. The zero-order valence-electron chi connectivity index (χ0n) is 17.5. The summed E-state index contributed by atoms with van der Waals surface area (Å²) < 4.78 is 46.1. The number of carbonyl (C=O) groups excluding carboxylic acids is 2. The van der Waals surface area contributed by atoms with E-state index in [4.69, 9.17) is 4.42 Å². The van der Waals surface area contributed by atoms with Crippen LogP contribution in [0.15, 0.2) is 64.2 Å². The van der Waals surface area contributed by atoms with Crippen molar-refractivity contribution in [3.63, 3.8) is 0 Å². The third-order valence-electron chi connectivity index (χ3n) is 3.89. The molecule has 0 spiro atoms. The van der Waals surface area contributed by atoms with E-state index in [0.29, 0.717) is 0 Å². The summed E-state index contributed by atoms with van der Waals surface area (Å²) in [6.45, 7) is 4.98. The van der Waals surface area contributed by atoms with E-state index < -0.39 is 38.3 Å². The number of benzene rings is 1. The van der Waals surface area contributed by atoms with Crippen LogP contribution in [0.3, 0.4) is 0 Å². The van der Waals surface area contributed by atoms with Gasteiger partial charge in [0.25, 0.3) is 21.8 Å². The van der Waals surface area contributed by atoms with Gasteiger partial charge in [0.2, 0.25) is 5.09 Å². The molecular weight excluding hydrogens is 439 g/mol. The van der Waals surface area contributed by atoms with Gasteiger partial charge in [0.1, 0.15) is 11.5 Å². The minimum absolute atomic E-state index is 0.0482. The van der Waals surface area contributed by atoms with Crippen molar-refractivity contribution in [1.29, 1.82) is 0 Å². The number of rotatable bonds is 6. The number of amides is 2. The molecule has 11 heteroatoms. The van der Waals surface area contributed by atoms with E-state index in [2.05, 4.69) is 20.3 Å². The second-order valence-electron chi connectivity index (χ2n) is 7.79. The topological polar surface area (TPSA) is 130 Å². The molecule has 0 saturated carbocycles. The third-order valence-corrected chi connectivity index (χ3v) is 5.52. The standard InChI is InChI=1S/C21H21FN4O5S/c1-21(2,3)26-32(29,30)18-10-9-17(31-18)20(28)25-16-12-13(22)7-8-14(16)24-19(27)15-6-4-5-11-23-15/h4-12,26H,1-3H3,(H,24,27)(H,25,28). The first-order valence-electron chi connectivity index (χ1n) is 9.42. The number of furan rings is 1. The Labute approximate surface area is 184 Å². The summed E-state index contributed by atoms with van der Waals surface area (Å²) in [4.78, 5) is 28.9. The van der Waals surface area contributed by atoms with Crippen LogP contribution in [0.1, 0.15) is 41.8 Å². The molecule has 2 aromatic heterocycles.